The Balaban J connectivity index is 0.000000900. The third-order valence-electron chi connectivity index (χ3n) is 7.88. The van der Waals surface area contributed by atoms with E-state index in [0.29, 0.717) is 31.8 Å². The van der Waals surface area contributed by atoms with E-state index in [9.17, 15) is 32.3 Å². The molecule has 15 heteroatoms. The lowest BCUT2D eigenvalue weighted by atomic mass is 9.92. The zero-order valence-corrected chi connectivity index (χ0v) is 25.6. The van der Waals surface area contributed by atoms with E-state index in [1.165, 1.54) is 6.92 Å². The number of piperidine rings is 2. The maximum absolute atomic E-state index is 12.9. The summed E-state index contributed by atoms with van der Waals surface area (Å²) in [5.41, 5.74) is 0. The Morgan fingerprint density at radius 1 is 1.02 bits per heavy atom. The number of halogens is 3. The molecule has 3 aliphatic rings. The Morgan fingerprint density at radius 3 is 2.27 bits per heavy atom. The molecule has 2 heterocycles. The first-order valence-corrected chi connectivity index (χ1v) is 15.4. The molecular weight excluding hydrogens is 603 g/mol. The molecule has 12 nitrogen and oxygen atoms in total. The van der Waals surface area contributed by atoms with Gasteiger partial charge in [-0.25, -0.2) is 9.59 Å². The fourth-order valence-corrected chi connectivity index (χ4v) is 5.42. The number of nitrogens with one attached hydrogen (secondary N) is 2. The van der Waals surface area contributed by atoms with Gasteiger partial charge >= 0.3 is 24.3 Å². The zero-order chi connectivity index (χ0) is 33.4. The molecule has 3 atom stereocenters. The van der Waals surface area contributed by atoms with E-state index in [1.54, 1.807) is 4.90 Å². The second-order valence-corrected chi connectivity index (χ2v) is 11.4. The van der Waals surface area contributed by atoms with Crippen molar-refractivity contribution in [3.63, 3.8) is 0 Å². The van der Waals surface area contributed by atoms with E-state index in [1.807, 2.05) is 0 Å². The number of esters is 1. The van der Waals surface area contributed by atoms with Crippen molar-refractivity contribution in [1.82, 2.24) is 15.5 Å². The van der Waals surface area contributed by atoms with Crippen LogP contribution in [0.25, 0.3) is 0 Å². The average molecular weight is 648 g/mol. The Morgan fingerprint density at radius 2 is 1.67 bits per heavy atom. The number of hydrogen-bond donors (Lipinski definition) is 3. The van der Waals surface area contributed by atoms with Crippen LogP contribution in [-0.2, 0) is 33.4 Å². The highest BCUT2D eigenvalue weighted by Gasteiger charge is 2.38. The molecule has 0 aromatic rings. The van der Waals surface area contributed by atoms with Gasteiger partial charge in [0.2, 0.25) is 18.1 Å². The van der Waals surface area contributed by atoms with Crippen molar-refractivity contribution in [1.29, 1.82) is 0 Å². The van der Waals surface area contributed by atoms with Gasteiger partial charge in [-0.3, -0.25) is 14.4 Å². The van der Waals surface area contributed by atoms with Crippen LogP contribution in [0.15, 0.2) is 0 Å². The van der Waals surface area contributed by atoms with Gasteiger partial charge in [0.05, 0.1) is 12.3 Å². The van der Waals surface area contributed by atoms with E-state index in [2.05, 4.69) is 16.6 Å². The molecule has 3 N–H and O–H groups in total. The number of alkyl halides is 3. The van der Waals surface area contributed by atoms with Gasteiger partial charge in [0.1, 0.15) is 12.1 Å². The molecular formula is C30H44F3N3O9. The number of rotatable bonds is 10. The minimum Gasteiger partial charge on any atom is -0.475 e. The summed E-state index contributed by atoms with van der Waals surface area (Å²) in [6.45, 7) is 4.44. The zero-order valence-electron chi connectivity index (χ0n) is 25.6. The number of hydrogen-bond acceptors (Lipinski definition) is 9. The highest BCUT2D eigenvalue weighted by atomic mass is 19.4. The highest BCUT2D eigenvalue weighted by Crippen LogP contribution is 2.23. The first kappa shape index (κ1) is 37.6. The average Bonchev–Trinajstić information content (AvgIpc) is 3.00. The number of nitrogens with zero attached hydrogens (tertiary/aromatic N) is 1. The molecule has 2 aliphatic heterocycles. The van der Waals surface area contributed by atoms with Crippen LogP contribution in [0.1, 0.15) is 84.0 Å². The minimum atomic E-state index is -5.08. The summed E-state index contributed by atoms with van der Waals surface area (Å²) in [5, 5.41) is 13.2. The van der Waals surface area contributed by atoms with Crippen LogP contribution in [0.3, 0.4) is 0 Å². The van der Waals surface area contributed by atoms with Crippen LogP contribution in [0.5, 0.6) is 0 Å². The van der Waals surface area contributed by atoms with Gasteiger partial charge in [-0.05, 0) is 76.8 Å². The van der Waals surface area contributed by atoms with Crippen LogP contribution >= 0.6 is 0 Å². The highest BCUT2D eigenvalue weighted by molar-refractivity contribution is 5.82. The van der Waals surface area contributed by atoms with Crippen molar-refractivity contribution in [3.05, 3.63) is 0 Å². The Hall–Kier alpha value is -3.54. The minimum absolute atomic E-state index is 0.0918. The summed E-state index contributed by atoms with van der Waals surface area (Å²) in [4.78, 5) is 60.6. The first-order chi connectivity index (χ1) is 21.3. The quantitative estimate of drug-likeness (QED) is 0.182. The number of carboxylic acid groups (broad SMARTS) is 1. The van der Waals surface area contributed by atoms with Crippen LogP contribution < -0.4 is 10.6 Å². The number of carbonyl (C=O) groups is 5. The fourth-order valence-electron chi connectivity index (χ4n) is 5.42. The van der Waals surface area contributed by atoms with Crippen molar-refractivity contribution >= 4 is 29.9 Å². The molecule has 1 unspecified atom stereocenters. The number of ether oxygens (including phenoxy) is 3. The molecule has 0 radical (unpaired) electrons. The first-order valence-electron chi connectivity index (χ1n) is 15.4. The maximum atomic E-state index is 12.9. The smallest absolute Gasteiger partial charge is 0.475 e. The molecule has 3 fully saturated rings. The molecule has 0 spiro atoms. The lowest BCUT2D eigenvalue weighted by molar-refractivity contribution is -0.192. The van der Waals surface area contributed by atoms with E-state index < -0.39 is 36.6 Å². The molecule has 45 heavy (non-hydrogen) atoms. The fraction of sp³-hybridized carbons (Fsp3) is 0.767. The number of likely N-dealkylation sites (tertiary alicyclic amines) is 1. The number of carbonyl (C=O) groups excluding carboxylic acids is 4. The second-order valence-electron chi connectivity index (χ2n) is 11.4. The molecule has 1 aliphatic carbocycles. The summed E-state index contributed by atoms with van der Waals surface area (Å²) < 4.78 is 47.2. The van der Waals surface area contributed by atoms with Crippen LogP contribution in [0, 0.1) is 24.2 Å². The van der Waals surface area contributed by atoms with Gasteiger partial charge in [-0.1, -0.05) is 12.3 Å². The predicted molar refractivity (Wildman–Crippen MR) is 153 cm³/mol. The van der Waals surface area contributed by atoms with E-state index in [4.69, 9.17) is 30.5 Å². The van der Waals surface area contributed by atoms with E-state index >= 15 is 0 Å². The normalized spacial score (nSPS) is 20.7. The summed E-state index contributed by atoms with van der Waals surface area (Å²) in [6.07, 6.45) is 7.77. The Kier molecular flexibility index (Phi) is 16.0. The second kappa shape index (κ2) is 19.1. The SMILES string of the molecule is C#C[C@H](CC(=O)OC(C)OC(=O)OC1CCCCC1)NC(=O)[C@@H]1CCCN(C(=O)CCC2CCNCC2)C1.O=C(O)C(F)(F)F. The van der Waals surface area contributed by atoms with Crippen molar-refractivity contribution in [2.24, 2.45) is 11.8 Å². The number of carboxylic acids is 1. The topological polar surface area (TPSA) is 161 Å². The molecule has 0 aromatic carbocycles. The molecule has 3 rings (SSSR count). The third-order valence-corrected chi connectivity index (χ3v) is 7.88. The van der Waals surface area contributed by atoms with Gasteiger partial charge in [0.25, 0.3) is 0 Å². The van der Waals surface area contributed by atoms with Gasteiger partial charge in [-0.15, -0.1) is 6.42 Å². The van der Waals surface area contributed by atoms with Gasteiger partial charge < -0.3 is 34.9 Å². The molecule has 2 amide bonds. The summed E-state index contributed by atoms with van der Waals surface area (Å²) in [6, 6.07) is -0.873. The summed E-state index contributed by atoms with van der Waals surface area (Å²) in [7, 11) is 0. The van der Waals surface area contributed by atoms with Crippen LogP contribution in [-0.4, -0.2) is 90.7 Å². The predicted octanol–water partition coefficient (Wildman–Crippen LogP) is 3.52. The Labute approximate surface area is 261 Å². The van der Waals surface area contributed by atoms with Gasteiger partial charge in [0, 0.05) is 26.4 Å². The lowest BCUT2D eigenvalue weighted by Gasteiger charge is -2.33. The lowest BCUT2D eigenvalue weighted by Crippen LogP contribution is -2.48. The van der Waals surface area contributed by atoms with E-state index in [0.717, 1.165) is 70.9 Å². The van der Waals surface area contributed by atoms with E-state index in [-0.39, 0.29) is 30.3 Å². The number of terminal acetylenes is 1. The van der Waals surface area contributed by atoms with Crippen molar-refractivity contribution in [2.45, 2.75) is 109 Å². The molecule has 254 valence electrons. The monoisotopic (exact) mass is 647 g/mol. The number of amides is 2. The molecule has 0 aromatic heterocycles. The number of aliphatic carboxylic acids is 1. The van der Waals surface area contributed by atoms with Crippen molar-refractivity contribution in [2.75, 3.05) is 26.2 Å². The van der Waals surface area contributed by atoms with Crippen LogP contribution in [0.4, 0.5) is 18.0 Å². The summed E-state index contributed by atoms with van der Waals surface area (Å²) >= 11 is 0. The van der Waals surface area contributed by atoms with Gasteiger partial charge in [-0.2, -0.15) is 13.2 Å². The molecule has 2 saturated heterocycles. The summed E-state index contributed by atoms with van der Waals surface area (Å²) in [5.74, 6) is -1.04. The third kappa shape index (κ3) is 14.9. The Bertz CT molecular complexity index is 1040. The van der Waals surface area contributed by atoms with Crippen LogP contribution in [0.2, 0.25) is 0 Å². The molecule has 1 saturated carbocycles. The van der Waals surface area contributed by atoms with Crippen molar-refractivity contribution in [3.8, 4) is 12.3 Å². The maximum Gasteiger partial charge on any atom is 0.511 e. The largest absolute Gasteiger partial charge is 0.511 e. The molecule has 0 bridgehead atoms. The standard InChI is InChI=1S/C28H43N3O7.C2HF3O2/c1-3-23(18-26(33)36-20(2)37-28(35)38-24-9-5-4-6-10-24)30-27(34)22-8-7-17-31(19-22)25(32)12-11-21-13-15-29-16-14-21;3-2(4,5)1(6)7/h1,20-24,29H,4-19H2,2H3,(H,30,34);(H,6,7)/t20?,22-,23-;/m1./s1. The van der Waals surface area contributed by atoms with Gasteiger partial charge in [0.15, 0.2) is 0 Å². The van der Waals surface area contributed by atoms with Crippen molar-refractivity contribution < 1.29 is 56.5 Å².